The standard InChI is InChI=1S/C16H22N2O4/c1-11-9-18(10-12(2)22-11)16(21)17-14(15(19)20)8-13-6-4-3-5-7-13/h3-7,11-12,14H,8-10H2,1-2H3,(H,17,21)(H,19,20)/t11-,12+,14-/m0/s1. The van der Waals surface area contributed by atoms with Crippen molar-refractivity contribution in [1.29, 1.82) is 0 Å². The number of hydrogen-bond acceptors (Lipinski definition) is 3. The van der Waals surface area contributed by atoms with Crippen molar-refractivity contribution < 1.29 is 19.4 Å². The minimum Gasteiger partial charge on any atom is -0.480 e. The van der Waals surface area contributed by atoms with E-state index in [1.165, 1.54) is 0 Å². The lowest BCUT2D eigenvalue weighted by molar-refractivity contribution is -0.139. The number of carboxylic acid groups (broad SMARTS) is 1. The van der Waals surface area contributed by atoms with Gasteiger partial charge in [-0.1, -0.05) is 30.3 Å². The molecule has 2 N–H and O–H groups in total. The molecule has 3 atom stereocenters. The van der Waals surface area contributed by atoms with E-state index in [0.29, 0.717) is 13.1 Å². The van der Waals surface area contributed by atoms with Crippen molar-refractivity contribution in [1.82, 2.24) is 10.2 Å². The SMILES string of the molecule is C[C@@H]1CN(C(=O)N[C@@H](Cc2ccccc2)C(=O)O)C[C@H](C)O1. The molecule has 0 aliphatic carbocycles. The number of urea groups is 1. The molecule has 1 saturated heterocycles. The fourth-order valence-corrected chi connectivity index (χ4v) is 2.63. The van der Waals surface area contributed by atoms with Crippen LogP contribution in [0.2, 0.25) is 0 Å². The summed E-state index contributed by atoms with van der Waals surface area (Å²) < 4.78 is 5.58. The van der Waals surface area contributed by atoms with Crippen molar-refractivity contribution in [3.8, 4) is 0 Å². The summed E-state index contributed by atoms with van der Waals surface area (Å²) in [7, 11) is 0. The van der Waals surface area contributed by atoms with E-state index in [-0.39, 0.29) is 24.7 Å². The summed E-state index contributed by atoms with van der Waals surface area (Å²) in [4.78, 5) is 25.3. The predicted molar refractivity (Wildman–Crippen MR) is 81.7 cm³/mol. The third-order valence-corrected chi connectivity index (χ3v) is 3.59. The molecule has 0 saturated carbocycles. The van der Waals surface area contributed by atoms with Crippen LogP contribution in [-0.2, 0) is 16.0 Å². The van der Waals surface area contributed by atoms with Crippen molar-refractivity contribution in [2.24, 2.45) is 0 Å². The van der Waals surface area contributed by atoms with Gasteiger partial charge in [-0.2, -0.15) is 0 Å². The predicted octanol–water partition coefficient (Wildman–Crippen LogP) is 1.50. The minimum absolute atomic E-state index is 0.0492. The van der Waals surface area contributed by atoms with E-state index in [0.717, 1.165) is 5.56 Å². The van der Waals surface area contributed by atoms with Crippen LogP contribution in [0.25, 0.3) is 0 Å². The van der Waals surface area contributed by atoms with Crippen molar-refractivity contribution >= 4 is 12.0 Å². The van der Waals surface area contributed by atoms with Gasteiger partial charge in [-0.25, -0.2) is 9.59 Å². The highest BCUT2D eigenvalue weighted by molar-refractivity contribution is 5.82. The van der Waals surface area contributed by atoms with Gasteiger partial charge in [0.25, 0.3) is 0 Å². The maximum atomic E-state index is 12.3. The summed E-state index contributed by atoms with van der Waals surface area (Å²) in [6, 6.07) is 7.97. The third kappa shape index (κ3) is 4.46. The number of aliphatic carboxylic acids is 1. The van der Waals surface area contributed by atoms with Gasteiger partial charge in [0.2, 0.25) is 0 Å². The van der Waals surface area contributed by atoms with E-state index >= 15 is 0 Å². The lowest BCUT2D eigenvalue weighted by atomic mass is 10.1. The van der Waals surface area contributed by atoms with E-state index in [2.05, 4.69) is 5.32 Å². The topological polar surface area (TPSA) is 78.9 Å². The number of carboxylic acids is 1. The lowest BCUT2D eigenvalue weighted by Crippen LogP contribution is -2.55. The molecule has 2 rings (SSSR count). The fraction of sp³-hybridized carbons (Fsp3) is 0.500. The van der Waals surface area contributed by atoms with Crippen LogP contribution in [0.3, 0.4) is 0 Å². The highest BCUT2D eigenvalue weighted by Gasteiger charge is 2.29. The smallest absolute Gasteiger partial charge is 0.326 e. The zero-order chi connectivity index (χ0) is 16.1. The van der Waals surface area contributed by atoms with Crippen molar-refractivity contribution in [3.05, 3.63) is 35.9 Å². The number of nitrogens with one attached hydrogen (secondary N) is 1. The van der Waals surface area contributed by atoms with E-state index in [9.17, 15) is 14.7 Å². The Morgan fingerprint density at radius 1 is 1.27 bits per heavy atom. The van der Waals surface area contributed by atoms with Crippen molar-refractivity contribution in [2.45, 2.75) is 38.5 Å². The molecule has 1 aliphatic heterocycles. The Hall–Kier alpha value is -2.08. The number of ether oxygens (including phenoxy) is 1. The highest BCUT2D eigenvalue weighted by Crippen LogP contribution is 2.11. The van der Waals surface area contributed by atoms with Gasteiger partial charge in [-0.05, 0) is 19.4 Å². The average molecular weight is 306 g/mol. The summed E-state index contributed by atoms with van der Waals surface area (Å²) in [6.07, 6.45) is 0.163. The Morgan fingerprint density at radius 3 is 2.41 bits per heavy atom. The quantitative estimate of drug-likeness (QED) is 0.883. The normalized spacial score (nSPS) is 22.9. The molecule has 1 aromatic rings. The van der Waals surface area contributed by atoms with Gasteiger partial charge in [0.15, 0.2) is 0 Å². The first-order valence-corrected chi connectivity index (χ1v) is 7.43. The Bertz CT molecular complexity index is 510. The summed E-state index contributed by atoms with van der Waals surface area (Å²) >= 11 is 0. The molecule has 0 aromatic heterocycles. The van der Waals surface area contributed by atoms with Crippen molar-refractivity contribution in [2.75, 3.05) is 13.1 Å². The van der Waals surface area contributed by atoms with Crippen LogP contribution in [0.4, 0.5) is 4.79 Å². The van der Waals surface area contributed by atoms with Gasteiger partial charge in [0.05, 0.1) is 12.2 Å². The number of carbonyl (C=O) groups is 2. The van der Waals surface area contributed by atoms with E-state index in [1.54, 1.807) is 4.90 Å². The first-order valence-electron chi connectivity index (χ1n) is 7.43. The number of hydrogen-bond donors (Lipinski definition) is 2. The summed E-state index contributed by atoms with van der Waals surface area (Å²) in [5, 5.41) is 11.9. The van der Waals surface area contributed by atoms with Crippen LogP contribution in [0, 0.1) is 0 Å². The molecule has 1 aliphatic rings. The Kier molecular flexibility index (Phi) is 5.38. The van der Waals surface area contributed by atoms with Crippen LogP contribution in [-0.4, -0.2) is 53.3 Å². The molecule has 0 spiro atoms. The number of nitrogens with zero attached hydrogens (tertiary/aromatic N) is 1. The largest absolute Gasteiger partial charge is 0.480 e. The maximum Gasteiger partial charge on any atom is 0.326 e. The number of carbonyl (C=O) groups excluding carboxylic acids is 1. The monoisotopic (exact) mass is 306 g/mol. The molecule has 0 unspecified atom stereocenters. The molecular formula is C16H22N2O4. The van der Waals surface area contributed by atoms with E-state index < -0.39 is 12.0 Å². The van der Waals surface area contributed by atoms with Gasteiger partial charge in [-0.15, -0.1) is 0 Å². The van der Waals surface area contributed by atoms with Gasteiger partial charge in [-0.3, -0.25) is 0 Å². The van der Waals surface area contributed by atoms with Gasteiger partial charge >= 0.3 is 12.0 Å². The third-order valence-electron chi connectivity index (χ3n) is 3.59. The number of benzene rings is 1. The molecule has 22 heavy (non-hydrogen) atoms. The van der Waals surface area contributed by atoms with Crippen LogP contribution in [0.15, 0.2) is 30.3 Å². The second-order valence-corrected chi connectivity index (χ2v) is 5.69. The Labute approximate surface area is 130 Å². The van der Waals surface area contributed by atoms with Gasteiger partial charge in [0.1, 0.15) is 6.04 Å². The highest BCUT2D eigenvalue weighted by atomic mass is 16.5. The maximum absolute atomic E-state index is 12.3. The average Bonchev–Trinajstić information content (AvgIpc) is 2.46. The van der Waals surface area contributed by atoms with Gasteiger partial charge in [0, 0.05) is 19.5 Å². The van der Waals surface area contributed by atoms with Crippen LogP contribution < -0.4 is 5.32 Å². The summed E-state index contributed by atoms with van der Waals surface area (Å²) in [6.45, 7) is 4.73. The lowest BCUT2D eigenvalue weighted by Gasteiger charge is -2.35. The first-order chi connectivity index (χ1) is 10.5. The second kappa shape index (κ2) is 7.26. The molecule has 1 aromatic carbocycles. The summed E-state index contributed by atoms with van der Waals surface area (Å²) in [5.74, 6) is -1.04. The number of rotatable bonds is 4. The van der Waals surface area contributed by atoms with Crippen LogP contribution in [0.5, 0.6) is 0 Å². The molecule has 6 nitrogen and oxygen atoms in total. The molecule has 120 valence electrons. The Balaban J connectivity index is 1.98. The molecule has 0 radical (unpaired) electrons. The zero-order valence-electron chi connectivity index (χ0n) is 12.9. The molecule has 2 amide bonds. The van der Waals surface area contributed by atoms with E-state index in [4.69, 9.17) is 4.74 Å². The van der Waals surface area contributed by atoms with Gasteiger partial charge < -0.3 is 20.1 Å². The fourth-order valence-electron chi connectivity index (χ4n) is 2.63. The first kappa shape index (κ1) is 16.3. The molecule has 1 heterocycles. The second-order valence-electron chi connectivity index (χ2n) is 5.69. The van der Waals surface area contributed by atoms with Crippen LogP contribution >= 0.6 is 0 Å². The van der Waals surface area contributed by atoms with Crippen molar-refractivity contribution in [3.63, 3.8) is 0 Å². The van der Waals surface area contributed by atoms with E-state index in [1.807, 2.05) is 44.2 Å². The number of morpholine rings is 1. The summed E-state index contributed by atoms with van der Waals surface area (Å²) in [5.41, 5.74) is 0.874. The molecular weight excluding hydrogens is 284 g/mol. The Morgan fingerprint density at radius 2 is 1.86 bits per heavy atom. The number of amides is 2. The molecule has 6 heteroatoms. The molecule has 1 fully saturated rings. The minimum atomic E-state index is -1.04. The molecule has 0 bridgehead atoms. The zero-order valence-corrected chi connectivity index (χ0v) is 12.9. The van der Waals surface area contributed by atoms with Crippen LogP contribution in [0.1, 0.15) is 19.4 Å².